The van der Waals surface area contributed by atoms with Gasteiger partial charge in [0.15, 0.2) is 0 Å². The van der Waals surface area contributed by atoms with Crippen molar-refractivity contribution in [1.82, 2.24) is 0 Å². The van der Waals surface area contributed by atoms with Gasteiger partial charge >= 0.3 is 0 Å². The Labute approximate surface area is 124 Å². The summed E-state index contributed by atoms with van der Waals surface area (Å²) in [6.07, 6.45) is 3.42. The third kappa shape index (κ3) is 5.09. The van der Waals surface area contributed by atoms with Crippen molar-refractivity contribution in [2.75, 3.05) is 5.32 Å². The number of unbranched alkanes of at least 4 members (excludes halogenated alkanes) is 1. The summed E-state index contributed by atoms with van der Waals surface area (Å²) in [5.74, 6) is -1.29. The van der Waals surface area contributed by atoms with Gasteiger partial charge in [0.2, 0.25) is 15.9 Å². The third-order valence-electron chi connectivity index (χ3n) is 3.28. The second kappa shape index (κ2) is 7.51. The van der Waals surface area contributed by atoms with Crippen LogP contribution in [0.3, 0.4) is 0 Å². The van der Waals surface area contributed by atoms with Gasteiger partial charge in [-0.3, -0.25) is 4.79 Å². The summed E-state index contributed by atoms with van der Waals surface area (Å²) in [7, 11) is -4.10. The number of carbonyl (C=O) groups is 1. The Balaban J connectivity index is 2.84. The number of primary sulfonamides is 1. The van der Waals surface area contributed by atoms with E-state index in [1.165, 1.54) is 6.07 Å². The maximum atomic E-state index is 13.7. The minimum Gasteiger partial charge on any atom is -0.326 e. The molecule has 21 heavy (non-hydrogen) atoms. The molecule has 3 N–H and O–H groups in total. The highest BCUT2D eigenvalue weighted by molar-refractivity contribution is 7.89. The van der Waals surface area contributed by atoms with Crippen molar-refractivity contribution < 1.29 is 17.6 Å². The minimum atomic E-state index is -4.10. The first-order valence-corrected chi connectivity index (χ1v) is 8.47. The lowest BCUT2D eigenvalue weighted by atomic mass is 9.98. The fourth-order valence-corrected chi connectivity index (χ4v) is 2.61. The molecule has 1 aromatic rings. The molecule has 0 saturated carbocycles. The van der Waals surface area contributed by atoms with E-state index in [1.807, 2.05) is 13.8 Å². The first-order chi connectivity index (χ1) is 9.79. The summed E-state index contributed by atoms with van der Waals surface area (Å²) in [4.78, 5) is 11.5. The molecule has 7 heteroatoms. The van der Waals surface area contributed by atoms with E-state index < -0.39 is 20.7 Å². The summed E-state index contributed by atoms with van der Waals surface area (Å²) in [6, 6.07) is 3.34. The third-order valence-corrected chi connectivity index (χ3v) is 4.22. The number of rotatable bonds is 7. The standard InChI is InChI=1S/C14H21FN2O3S/c1-3-5-6-10(4-2)14(18)17-11-7-8-13(12(15)9-11)21(16,19)20/h7-10H,3-6H2,1-2H3,(H,17,18)(H2,16,19,20). The van der Waals surface area contributed by atoms with E-state index in [-0.39, 0.29) is 17.5 Å². The number of carbonyl (C=O) groups excluding carboxylic acids is 1. The molecule has 0 spiro atoms. The van der Waals surface area contributed by atoms with E-state index in [0.29, 0.717) is 6.42 Å². The average Bonchev–Trinajstić information content (AvgIpc) is 2.38. The van der Waals surface area contributed by atoms with Crippen LogP contribution in [0.5, 0.6) is 0 Å². The van der Waals surface area contributed by atoms with Crippen molar-refractivity contribution in [1.29, 1.82) is 0 Å². The van der Waals surface area contributed by atoms with Gasteiger partial charge in [-0.05, 0) is 31.0 Å². The van der Waals surface area contributed by atoms with E-state index in [9.17, 15) is 17.6 Å². The number of amides is 1. The van der Waals surface area contributed by atoms with Gasteiger partial charge in [-0.1, -0.05) is 26.7 Å². The van der Waals surface area contributed by atoms with Crippen LogP contribution in [0, 0.1) is 11.7 Å². The highest BCUT2D eigenvalue weighted by atomic mass is 32.2. The van der Waals surface area contributed by atoms with Crippen LogP contribution in [0.15, 0.2) is 23.1 Å². The Kier molecular flexibility index (Phi) is 6.29. The molecule has 0 aliphatic carbocycles. The normalized spacial score (nSPS) is 13.0. The first kappa shape index (κ1) is 17.6. The minimum absolute atomic E-state index is 0.133. The predicted molar refractivity (Wildman–Crippen MR) is 79.7 cm³/mol. The van der Waals surface area contributed by atoms with E-state index in [1.54, 1.807) is 0 Å². The highest BCUT2D eigenvalue weighted by Crippen LogP contribution is 2.20. The van der Waals surface area contributed by atoms with Crippen molar-refractivity contribution >= 4 is 21.6 Å². The number of nitrogens with two attached hydrogens (primary N) is 1. The molecule has 5 nitrogen and oxygen atoms in total. The molecule has 0 fully saturated rings. The smallest absolute Gasteiger partial charge is 0.240 e. The Hall–Kier alpha value is -1.47. The zero-order valence-corrected chi connectivity index (χ0v) is 13.0. The fourth-order valence-electron chi connectivity index (χ4n) is 2.02. The lowest BCUT2D eigenvalue weighted by Crippen LogP contribution is -2.22. The second-order valence-corrected chi connectivity index (χ2v) is 6.46. The largest absolute Gasteiger partial charge is 0.326 e. The fraction of sp³-hybridized carbons (Fsp3) is 0.500. The first-order valence-electron chi connectivity index (χ1n) is 6.92. The van der Waals surface area contributed by atoms with Crippen LogP contribution < -0.4 is 10.5 Å². The Morgan fingerprint density at radius 1 is 1.38 bits per heavy atom. The van der Waals surface area contributed by atoms with Crippen molar-refractivity contribution in [3.63, 3.8) is 0 Å². The zero-order valence-electron chi connectivity index (χ0n) is 12.2. The molecular formula is C14H21FN2O3S. The van der Waals surface area contributed by atoms with Gasteiger partial charge in [-0.25, -0.2) is 17.9 Å². The van der Waals surface area contributed by atoms with Crippen molar-refractivity contribution in [3.05, 3.63) is 24.0 Å². The maximum absolute atomic E-state index is 13.7. The van der Waals surface area contributed by atoms with Gasteiger partial charge in [0.1, 0.15) is 10.7 Å². The summed E-state index contributed by atoms with van der Waals surface area (Å²) in [5.41, 5.74) is 0.222. The molecular weight excluding hydrogens is 295 g/mol. The lowest BCUT2D eigenvalue weighted by molar-refractivity contribution is -0.120. The quantitative estimate of drug-likeness (QED) is 0.810. The Bertz CT molecular complexity index is 602. The number of hydrogen-bond donors (Lipinski definition) is 2. The molecule has 0 saturated heterocycles. The van der Waals surface area contributed by atoms with Crippen LogP contribution in [0.25, 0.3) is 0 Å². The van der Waals surface area contributed by atoms with E-state index in [2.05, 4.69) is 5.32 Å². The summed E-state index contributed by atoms with van der Waals surface area (Å²) in [5, 5.41) is 7.49. The van der Waals surface area contributed by atoms with Crippen LogP contribution in [0.4, 0.5) is 10.1 Å². The molecule has 118 valence electrons. The van der Waals surface area contributed by atoms with Gasteiger partial charge in [-0.2, -0.15) is 0 Å². The summed E-state index contributed by atoms with van der Waals surface area (Å²) >= 11 is 0. The number of benzene rings is 1. The van der Waals surface area contributed by atoms with Crippen molar-refractivity contribution in [2.24, 2.45) is 11.1 Å². The van der Waals surface area contributed by atoms with Gasteiger partial charge in [0.25, 0.3) is 0 Å². The van der Waals surface area contributed by atoms with Crippen LogP contribution in [0.2, 0.25) is 0 Å². The Morgan fingerprint density at radius 2 is 2.05 bits per heavy atom. The van der Waals surface area contributed by atoms with Crippen molar-refractivity contribution in [3.8, 4) is 0 Å². The highest BCUT2D eigenvalue weighted by Gasteiger charge is 2.18. The van der Waals surface area contributed by atoms with Gasteiger partial charge in [0.05, 0.1) is 0 Å². The topological polar surface area (TPSA) is 89.3 Å². The number of hydrogen-bond acceptors (Lipinski definition) is 3. The number of halogens is 1. The Morgan fingerprint density at radius 3 is 2.52 bits per heavy atom. The van der Waals surface area contributed by atoms with Crippen molar-refractivity contribution in [2.45, 2.75) is 44.4 Å². The molecule has 1 amide bonds. The molecule has 0 aromatic heterocycles. The number of anilines is 1. The molecule has 0 heterocycles. The van der Waals surface area contributed by atoms with Crippen LogP contribution >= 0.6 is 0 Å². The lowest BCUT2D eigenvalue weighted by Gasteiger charge is -2.15. The second-order valence-electron chi connectivity index (χ2n) is 4.93. The molecule has 1 aromatic carbocycles. The van der Waals surface area contributed by atoms with Gasteiger partial charge in [-0.15, -0.1) is 0 Å². The number of sulfonamides is 1. The zero-order chi connectivity index (χ0) is 16.0. The SMILES string of the molecule is CCCCC(CC)C(=O)Nc1ccc(S(N)(=O)=O)c(F)c1. The molecule has 0 aliphatic heterocycles. The maximum Gasteiger partial charge on any atom is 0.240 e. The number of nitrogens with one attached hydrogen (secondary N) is 1. The average molecular weight is 316 g/mol. The van der Waals surface area contributed by atoms with Gasteiger partial charge < -0.3 is 5.32 Å². The molecule has 1 atom stereocenters. The van der Waals surface area contributed by atoms with E-state index in [0.717, 1.165) is 31.4 Å². The van der Waals surface area contributed by atoms with Crippen LogP contribution in [-0.2, 0) is 14.8 Å². The molecule has 1 rings (SSSR count). The van der Waals surface area contributed by atoms with Crippen LogP contribution in [0.1, 0.15) is 39.5 Å². The molecule has 0 radical (unpaired) electrons. The summed E-state index contributed by atoms with van der Waals surface area (Å²) < 4.78 is 35.9. The van der Waals surface area contributed by atoms with E-state index in [4.69, 9.17) is 5.14 Å². The monoisotopic (exact) mass is 316 g/mol. The predicted octanol–water partition coefficient (Wildman–Crippen LogP) is 2.63. The molecule has 1 unspecified atom stereocenters. The molecule has 0 aliphatic rings. The molecule has 0 bridgehead atoms. The van der Waals surface area contributed by atoms with Gasteiger partial charge in [0, 0.05) is 11.6 Å². The van der Waals surface area contributed by atoms with E-state index >= 15 is 0 Å². The van der Waals surface area contributed by atoms with Crippen LogP contribution in [-0.4, -0.2) is 14.3 Å². The summed E-state index contributed by atoms with van der Waals surface area (Å²) in [6.45, 7) is 3.97.